The summed E-state index contributed by atoms with van der Waals surface area (Å²) >= 11 is 5.90. The van der Waals surface area contributed by atoms with E-state index in [-0.39, 0.29) is 0 Å². The summed E-state index contributed by atoms with van der Waals surface area (Å²) in [4.78, 5) is 6.57. The van der Waals surface area contributed by atoms with Gasteiger partial charge >= 0.3 is 0 Å². The summed E-state index contributed by atoms with van der Waals surface area (Å²) in [6.45, 7) is 3.35. The van der Waals surface area contributed by atoms with Crippen LogP contribution in [0.4, 0.5) is 0 Å². The van der Waals surface area contributed by atoms with Gasteiger partial charge in [0.05, 0.1) is 13.7 Å². The van der Waals surface area contributed by atoms with Crippen LogP contribution in [0, 0.1) is 6.92 Å². The average molecular weight is 358 g/mol. The van der Waals surface area contributed by atoms with Crippen LogP contribution < -0.4 is 4.74 Å². The zero-order valence-corrected chi connectivity index (χ0v) is 15.2. The first-order valence-electron chi connectivity index (χ1n) is 7.96. The third-order valence-corrected chi connectivity index (χ3v) is 4.10. The zero-order valence-electron chi connectivity index (χ0n) is 14.5. The number of rotatable bonds is 6. The van der Waals surface area contributed by atoms with Crippen LogP contribution in [0.5, 0.6) is 5.75 Å². The van der Waals surface area contributed by atoms with Crippen molar-refractivity contribution in [3.05, 3.63) is 64.5 Å². The van der Waals surface area contributed by atoms with E-state index >= 15 is 0 Å². The molecule has 0 atom stereocenters. The Bertz CT molecular complexity index is 846. The van der Waals surface area contributed by atoms with Crippen molar-refractivity contribution in [2.45, 2.75) is 20.0 Å². The van der Waals surface area contributed by atoms with Crippen LogP contribution in [0.15, 0.2) is 47.0 Å². The second-order valence-corrected chi connectivity index (χ2v) is 6.44. The van der Waals surface area contributed by atoms with Crippen molar-refractivity contribution >= 4 is 11.6 Å². The highest BCUT2D eigenvalue weighted by molar-refractivity contribution is 6.30. The van der Waals surface area contributed by atoms with Crippen LogP contribution in [0.2, 0.25) is 5.02 Å². The molecule has 0 aliphatic heterocycles. The van der Waals surface area contributed by atoms with E-state index in [1.54, 1.807) is 7.11 Å². The van der Waals surface area contributed by atoms with Gasteiger partial charge in [-0.3, -0.25) is 4.90 Å². The van der Waals surface area contributed by atoms with Gasteiger partial charge in [0.25, 0.3) is 0 Å². The van der Waals surface area contributed by atoms with Crippen molar-refractivity contribution in [2.24, 2.45) is 0 Å². The van der Waals surface area contributed by atoms with Gasteiger partial charge in [-0.15, -0.1) is 0 Å². The number of hydrogen-bond donors (Lipinski definition) is 0. The van der Waals surface area contributed by atoms with Gasteiger partial charge in [0, 0.05) is 22.7 Å². The van der Waals surface area contributed by atoms with Gasteiger partial charge in [-0.2, -0.15) is 4.98 Å². The topological polar surface area (TPSA) is 51.4 Å². The maximum Gasteiger partial charge on any atom is 0.241 e. The van der Waals surface area contributed by atoms with Gasteiger partial charge in [0.2, 0.25) is 11.7 Å². The third-order valence-electron chi connectivity index (χ3n) is 3.85. The van der Waals surface area contributed by atoms with Crippen LogP contribution in [0.1, 0.15) is 17.0 Å². The maximum absolute atomic E-state index is 5.90. The van der Waals surface area contributed by atoms with Crippen molar-refractivity contribution in [3.8, 4) is 17.1 Å². The number of benzene rings is 2. The van der Waals surface area contributed by atoms with Gasteiger partial charge in [-0.25, -0.2) is 0 Å². The maximum atomic E-state index is 5.90. The van der Waals surface area contributed by atoms with Crippen LogP contribution in [0.25, 0.3) is 11.4 Å². The molecule has 5 nitrogen and oxygen atoms in total. The largest absolute Gasteiger partial charge is 0.496 e. The van der Waals surface area contributed by atoms with E-state index in [4.69, 9.17) is 20.9 Å². The minimum absolute atomic E-state index is 0.553. The highest BCUT2D eigenvalue weighted by atomic mass is 35.5. The molecule has 0 radical (unpaired) electrons. The fourth-order valence-corrected chi connectivity index (χ4v) is 2.77. The first-order valence-corrected chi connectivity index (χ1v) is 8.33. The second kappa shape index (κ2) is 7.68. The Balaban J connectivity index is 1.68. The quantitative estimate of drug-likeness (QED) is 0.656. The summed E-state index contributed by atoms with van der Waals surface area (Å²) in [6.07, 6.45) is 0. The minimum atomic E-state index is 0.553. The summed E-state index contributed by atoms with van der Waals surface area (Å²) in [5.74, 6) is 2.01. The first-order chi connectivity index (χ1) is 12.0. The molecule has 0 fully saturated rings. The van der Waals surface area contributed by atoms with Crippen LogP contribution in [0.3, 0.4) is 0 Å². The average Bonchev–Trinajstić information content (AvgIpc) is 3.04. The number of aryl methyl sites for hydroxylation is 1. The molecule has 1 aromatic heterocycles. The van der Waals surface area contributed by atoms with Crippen LogP contribution >= 0.6 is 11.6 Å². The predicted octanol–water partition coefficient (Wildman–Crippen LogP) is 4.34. The normalized spacial score (nSPS) is 11.1. The Morgan fingerprint density at radius 1 is 1.12 bits per heavy atom. The molecule has 3 rings (SSSR count). The Hall–Kier alpha value is -2.37. The Morgan fingerprint density at radius 2 is 1.88 bits per heavy atom. The number of hydrogen-bond acceptors (Lipinski definition) is 5. The Labute approximate surface area is 152 Å². The fourth-order valence-electron chi connectivity index (χ4n) is 2.64. The second-order valence-electron chi connectivity index (χ2n) is 6.01. The molecule has 0 spiro atoms. The van der Waals surface area contributed by atoms with E-state index in [0.29, 0.717) is 23.3 Å². The Morgan fingerprint density at radius 3 is 2.60 bits per heavy atom. The lowest BCUT2D eigenvalue weighted by Crippen LogP contribution is -2.18. The molecule has 6 heteroatoms. The lowest BCUT2D eigenvalue weighted by atomic mass is 10.1. The van der Waals surface area contributed by atoms with E-state index < -0.39 is 0 Å². The fraction of sp³-hybridized carbons (Fsp3) is 0.263. The molecule has 25 heavy (non-hydrogen) atoms. The van der Waals surface area contributed by atoms with E-state index in [1.165, 1.54) is 5.56 Å². The van der Waals surface area contributed by atoms with Crippen molar-refractivity contribution in [2.75, 3.05) is 14.2 Å². The number of aromatic nitrogens is 2. The van der Waals surface area contributed by atoms with Crippen LogP contribution in [-0.4, -0.2) is 29.2 Å². The highest BCUT2D eigenvalue weighted by Gasteiger charge is 2.13. The molecule has 0 aliphatic carbocycles. The predicted molar refractivity (Wildman–Crippen MR) is 97.6 cm³/mol. The first kappa shape index (κ1) is 17.5. The van der Waals surface area contributed by atoms with Gasteiger partial charge in [0.1, 0.15) is 5.75 Å². The van der Waals surface area contributed by atoms with E-state index in [0.717, 1.165) is 23.4 Å². The highest BCUT2D eigenvalue weighted by Crippen LogP contribution is 2.22. The molecule has 0 N–H and O–H groups in total. The molecule has 2 aromatic carbocycles. The van der Waals surface area contributed by atoms with Crippen LogP contribution in [-0.2, 0) is 13.1 Å². The summed E-state index contributed by atoms with van der Waals surface area (Å²) in [7, 11) is 3.69. The van der Waals surface area contributed by atoms with Crippen molar-refractivity contribution in [1.29, 1.82) is 0 Å². The molecule has 0 amide bonds. The molecule has 0 saturated carbocycles. The smallest absolute Gasteiger partial charge is 0.241 e. The van der Waals surface area contributed by atoms with Gasteiger partial charge < -0.3 is 9.26 Å². The lowest BCUT2D eigenvalue weighted by molar-refractivity contribution is 0.257. The zero-order chi connectivity index (χ0) is 17.8. The number of methoxy groups -OCH3 is 1. The van der Waals surface area contributed by atoms with Gasteiger partial charge in [-0.1, -0.05) is 34.5 Å². The van der Waals surface area contributed by atoms with Crippen molar-refractivity contribution in [1.82, 2.24) is 15.0 Å². The standard InChI is InChI=1S/C19H20ClN3O2/c1-13-4-9-17(24-3)15(10-13)11-23(2)12-18-21-19(22-25-18)14-5-7-16(20)8-6-14/h4-10H,11-12H2,1-3H3. The molecule has 130 valence electrons. The summed E-state index contributed by atoms with van der Waals surface area (Å²) in [6, 6.07) is 13.5. The summed E-state index contributed by atoms with van der Waals surface area (Å²) in [5, 5.41) is 4.72. The van der Waals surface area contributed by atoms with Gasteiger partial charge in [0.15, 0.2) is 0 Å². The number of halogens is 1. The molecule has 0 bridgehead atoms. The monoisotopic (exact) mass is 357 g/mol. The van der Waals surface area contributed by atoms with E-state index in [1.807, 2.05) is 43.4 Å². The van der Waals surface area contributed by atoms with Crippen molar-refractivity contribution in [3.63, 3.8) is 0 Å². The molecular weight excluding hydrogens is 338 g/mol. The van der Waals surface area contributed by atoms with Gasteiger partial charge in [-0.05, 0) is 44.3 Å². The lowest BCUT2D eigenvalue weighted by Gasteiger charge is -2.17. The minimum Gasteiger partial charge on any atom is -0.496 e. The Kier molecular flexibility index (Phi) is 5.36. The van der Waals surface area contributed by atoms with Crippen molar-refractivity contribution < 1.29 is 9.26 Å². The summed E-state index contributed by atoms with van der Waals surface area (Å²) < 4.78 is 10.8. The van der Waals surface area contributed by atoms with E-state index in [9.17, 15) is 0 Å². The summed E-state index contributed by atoms with van der Waals surface area (Å²) in [5.41, 5.74) is 3.21. The van der Waals surface area contributed by atoms with E-state index in [2.05, 4.69) is 28.0 Å². The molecule has 0 saturated heterocycles. The number of nitrogens with zero attached hydrogens (tertiary/aromatic N) is 3. The SMILES string of the molecule is COc1ccc(C)cc1CN(C)Cc1nc(-c2ccc(Cl)cc2)no1. The molecule has 0 aliphatic rings. The number of ether oxygens (including phenoxy) is 1. The third kappa shape index (κ3) is 4.38. The molecule has 3 aromatic rings. The molecular formula is C19H20ClN3O2. The molecule has 1 heterocycles. The molecule has 0 unspecified atom stereocenters.